The standard InChI is InChI=1S/C21H29N5O2/c1-15-12-18(16(2)28-15)21(27)22-13-20-24-23-19-8-9-25(10-11-26(19)20)14-17-6-4-3-5-7-17/h3-4,12,17H,5-11,13-14H2,1-2H3,(H,22,27). The Balaban J connectivity index is 1.35. The van der Waals surface area contributed by atoms with Crippen molar-refractivity contribution in [3.05, 3.63) is 47.0 Å². The lowest BCUT2D eigenvalue weighted by atomic mass is 9.94. The minimum absolute atomic E-state index is 0.132. The van der Waals surface area contributed by atoms with Gasteiger partial charge in [0.2, 0.25) is 0 Å². The maximum absolute atomic E-state index is 12.4. The molecule has 1 atom stereocenters. The fraction of sp³-hybridized carbons (Fsp3) is 0.571. The van der Waals surface area contributed by atoms with E-state index in [1.54, 1.807) is 6.07 Å². The van der Waals surface area contributed by atoms with Gasteiger partial charge in [0.1, 0.15) is 17.3 Å². The summed E-state index contributed by atoms with van der Waals surface area (Å²) in [4.78, 5) is 15.0. The highest BCUT2D eigenvalue weighted by Gasteiger charge is 2.22. The Kier molecular flexibility index (Phi) is 5.62. The van der Waals surface area contributed by atoms with Crippen LogP contribution in [0.15, 0.2) is 22.6 Å². The molecule has 0 saturated carbocycles. The molecule has 2 aromatic rings. The van der Waals surface area contributed by atoms with Crippen molar-refractivity contribution < 1.29 is 9.21 Å². The second kappa shape index (κ2) is 8.31. The molecular weight excluding hydrogens is 354 g/mol. The molecule has 150 valence electrons. The van der Waals surface area contributed by atoms with Crippen LogP contribution in [-0.4, -0.2) is 45.2 Å². The Morgan fingerprint density at radius 1 is 1.25 bits per heavy atom. The normalized spacial score (nSPS) is 20.0. The number of hydrogen-bond acceptors (Lipinski definition) is 5. The molecule has 3 heterocycles. The molecule has 2 aromatic heterocycles. The summed E-state index contributed by atoms with van der Waals surface area (Å²) in [6.45, 7) is 8.10. The fourth-order valence-corrected chi connectivity index (χ4v) is 4.24. The van der Waals surface area contributed by atoms with Gasteiger partial charge in [-0.3, -0.25) is 4.79 Å². The quantitative estimate of drug-likeness (QED) is 0.804. The summed E-state index contributed by atoms with van der Waals surface area (Å²) >= 11 is 0. The summed E-state index contributed by atoms with van der Waals surface area (Å²) in [7, 11) is 0. The molecular formula is C21H29N5O2. The van der Waals surface area contributed by atoms with E-state index in [0.717, 1.165) is 55.9 Å². The van der Waals surface area contributed by atoms with Gasteiger partial charge in [0.15, 0.2) is 5.82 Å². The van der Waals surface area contributed by atoms with Gasteiger partial charge >= 0.3 is 0 Å². The van der Waals surface area contributed by atoms with Gasteiger partial charge in [0.05, 0.1) is 12.1 Å². The number of nitrogens with zero attached hydrogens (tertiary/aromatic N) is 4. The largest absolute Gasteiger partial charge is 0.466 e. The first-order valence-corrected chi connectivity index (χ1v) is 10.2. The fourth-order valence-electron chi connectivity index (χ4n) is 4.24. The number of carbonyl (C=O) groups excluding carboxylic acids is 1. The van der Waals surface area contributed by atoms with Gasteiger partial charge in [-0.2, -0.15) is 0 Å². The second-order valence-corrected chi connectivity index (χ2v) is 7.89. The number of carbonyl (C=O) groups is 1. The predicted octanol–water partition coefficient (Wildman–Crippen LogP) is 2.63. The zero-order chi connectivity index (χ0) is 19.5. The SMILES string of the molecule is Cc1cc(C(=O)NCc2nnc3n2CCN(CC2CC=CCC2)CC3)c(C)o1. The number of nitrogens with one attached hydrogen (secondary N) is 1. The first kappa shape index (κ1) is 18.9. The number of aromatic nitrogens is 3. The van der Waals surface area contributed by atoms with Crippen LogP contribution in [-0.2, 0) is 19.5 Å². The van der Waals surface area contributed by atoms with Gasteiger partial charge in [-0.1, -0.05) is 12.2 Å². The van der Waals surface area contributed by atoms with Crippen molar-refractivity contribution in [2.45, 2.75) is 52.6 Å². The third kappa shape index (κ3) is 4.19. The molecule has 0 radical (unpaired) electrons. The molecule has 28 heavy (non-hydrogen) atoms. The molecule has 0 saturated heterocycles. The summed E-state index contributed by atoms with van der Waals surface area (Å²) < 4.78 is 7.63. The van der Waals surface area contributed by atoms with Crippen molar-refractivity contribution in [2.24, 2.45) is 5.92 Å². The third-order valence-electron chi connectivity index (χ3n) is 5.78. The van der Waals surface area contributed by atoms with Crippen LogP contribution in [0.4, 0.5) is 0 Å². The molecule has 0 fully saturated rings. The van der Waals surface area contributed by atoms with Gasteiger partial charge in [-0.05, 0) is 45.1 Å². The Labute approximate surface area is 165 Å². The van der Waals surface area contributed by atoms with Crippen LogP contribution >= 0.6 is 0 Å². The van der Waals surface area contributed by atoms with Crippen LogP contribution in [0.2, 0.25) is 0 Å². The number of allylic oxidation sites excluding steroid dienone is 2. The molecule has 1 amide bonds. The van der Waals surface area contributed by atoms with Crippen LogP contribution in [0.5, 0.6) is 0 Å². The maximum Gasteiger partial charge on any atom is 0.255 e. The second-order valence-electron chi connectivity index (χ2n) is 7.89. The molecule has 0 aromatic carbocycles. The van der Waals surface area contributed by atoms with E-state index in [2.05, 4.69) is 37.1 Å². The summed E-state index contributed by atoms with van der Waals surface area (Å²) in [6, 6.07) is 1.77. The molecule has 4 rings (SSSR count). The van der Waals surface area contributed by atoms with E-state index in [-0.39, 0.29) is 5.91 Å². The zero-order valence-corrected chi connectivity index (χ0v) is 16.8. The highest BCUT2D eigenvalue weighted by Crippen LogP contribution is 2.20. The molecule has 0 spiro atoms. The zero-order valence-electron chi connectivity index (χ0n) is 16.8. The summed E-state index contributed by atoms with van der Waals surface area (Å²) in [5.74, 6) is 3.87. The number of aryl methyl sites for hydroxylation is 2. The summed E-state index contributed by atoms with van der Waals surface area (Å²) in [5.41, 5.74) is 0.584. The lowest BCUT2D eigenvalue weighted by Gasteiger charge is -2.26. The molecule has 1 aliphatic heterocycles. The maximum atomic E-state index is 12.4. The molecule has 7 heteroatoms. The Hall–Kier alpha value is -2.41. The van der Waals surface area contributed by atoms with E-state index < -0.39 is 0 Å². The van der Waals surface area contributed by atoms with Crippen LogP contribution in [0.1, 0.15) is 52.8 Å². The monoisotopic (exact) mass is 383 g/mol. The van der Waals surface area contributed by atoms with E-state index in [4.69, 9.17) is 4.42 Å². The van der Waals surface area contributed by atoms with Gasteiger partial charge in [-0.15, -0.1) is 10.2 Å². The minimum atomic E-state index is -0.132. The average molecular weight is 383 g/mol. The molecule has 1 N–H and O–H groups in total. The lowest BCUT2D eigenvalue weighted by molar-refractivity contribution is 0.0948. The highest BCUT2D eigenvalue weighted by atomic mass is 16.3. The molecule has 0 bridgehead atoms. The van der Waals surface area contributed by atoms with E-state index in [9.17, 15) is 4.79 Å². The van der Waals surface area contributed by atoms with Gasteiger partial charge < -0.3 is 19.2 Å². The van der Waals surface area contributed by atoms with Crippen LogP contribution in [0.3, 0.4) is 0 Å². The average Bonchev–Trinajstić information content (AvgIpc) is 3.18. The van der Waals surface area contributed by atoms with Gasteiger partial charge in [0.25, 0.3) is 5.91 Å². The van der Waals surface area contributed by atoms with Crippen LogP contribution in [0.25, 0.3) is 0 Å². The minimum Gasteiger partial charge on any atom is -0.466 e. The van der Waals surface area contributed by atoms with E-state index in [1.807, 2.05) is 13.8 Å². The van der Waals surface area contributed by atoms with Crippen molar-refractivity contribution in [1.29, 1.82) is 0 Å². The Morgan fingerprint density at radius 3 is 2.89 bits per heavy atom. The third-order valence-corrected chi connectivity index (χ3v) is 5.78. The van der Waals surface area contributed by atoms with E-state index in [1.165, 1.54) is 19.3 Å². The number of fused-ring (bicyclic) bond motifs is 1. The Bertz CT molecular complexity index is 866. The number of rotatable bonds is 5. The van der Waals surface area contributed by atoms with Crippen molar-refractivity contribution >= 4 is 5.91 Å². The van der Waals surface area contributed by atoms with E-state index >= 15 is 0 Å². The molecule has 1 unspecified atom stereocenters. The van der Waals surface area contributed by atoms with Crippen molar-refractivity contribution in [3.63, 3.8) is 0 Å². The predicted molar refractivity (Wildman–Crippen MR) is 106 cm³/mol. The molecule has 2 aliphatic rings. The smallest absolute Gasteiger partial charge is 0.255 e. The molecule has 1 aliphatic carbocycles. The number of furan rings is 1. The topological polar surface area (TPSA) is 76.2 Å². The van der Waals surface area contributed by atoms with Crippen LogP contribution < -0.4 is 5.32 Å². The first-order chi connectivity index (χ1) is 13.6. The van der Waals surface area contributed by atoms with Crippen molar-refractivity contribution in [3.8, 4) is 0 Å². The van der Waals surface area contributed by atoms with Crippen molar-refractivity contribution in [2.75, 3.05) is 19.6 Å². The number of amides is 1. The molecule has 7 nitrogen and oxygen atoms in total. The van der Waals surface area contributed by atoms with E-state index in [0.29, 0.717) is 17.9 Å². The van der Waals surface area contributed by atoms with Crippen molar-refractivity contribution in [1.82, 2.24) is 25.0 Å². The lowest BCUT2D eigenvalue weighted by Crippen LogP contribution is -2.33. The summed E-state index contributed by atoms with van der Waals surface area (Å²) in [5, 5.41) is 11.7. The first-order valence-electron chi connectivity index (χ1n) is 10.2. The van der Waals surface area contributed by atoms with Gasteiger partial charge in [-0.25, -0.2) is 0 Å². The van der Waals surface area contributed by atoms with Crippen LogP contribution in [0, 0.1) is 19.8 Å². The highest BCUT2D eigenvalue weighted by molar-refractivity contribution is 5.95. The summed E-state index contributed by atoms with van der Waals surface area (Å²) in [6.07, 6.45) is 9.24. The number of hydrogen-bond donors (Lipinski definition) is 1. The Morgan fingerprint density at radius 2 is 2.14 bits per heavy atom. The van der Waals surface area contributed by atoms with Gasteiger partial charge in [0, 0.05) is 32.6 Å².